The zero-order valence-electron chi connectivity index (χ0n) is 16.3. The molecule has 3 aromatic rings. The lowest BCUT2D eigenvalue weighted by Crippen LogP contribution is -2.42. The zero-order chi connectivity index (χ0) is 22.3. The minimum absolute atomic E-state index is 0.00204. The molecule has 0 saturated heterocycles. The first-order valence-electron chi connectivity index (χ1n) is 9.30. The fourth-order valence-electron chi connectivity index (χ4n) is 2.60. The minimum atomic E-state index is -3.79. The maximum Gasteiger partial charge on any atom is 0.287 e. The lowest BCUT2D eigenvalue weighted by molar-refractivity contribution is -0.121. The number of benzene rings is 2. The van der Waals surface area contributed by atoms with Crippen LogP contribution in [0.3, 0.4) is 0 Å². The number of nitrogens with zero attached hydrogens (tertiary/aromatic N) is 1. The summed E-state index contributed by atoms with van der Waals surface area (Å²) >= 11 is 0. The Labute approximate surface area is 178 Å². The second-order valence-corrected chi connectivity index (χ2v) is 8.26. The monoisotopic (exact) mass is 445 g/mol. The summed E-state index contributed by atoms with van der Waals surface area (Å²) in [7, 11) is -3.79. The Morgan fingerprint density at radius 3 is 2.42 bits per heavy atom. The smallest absolute Gasteiger partial charge is 0.273 e. The molecule has 11 heteroatoms. The van der Waals surface area contributed by atoms with Crippen LogP contribution in [0.1, 0.15) is 23.3 Å². The lowest BCUT2D eigenvalue weighted by atomic mass is 10.1. The fraction of sp³-hybridized carbons (Fsp3) is 0.150. The average Bonchev–Trinajstić information content (AvgIpc) is 3.26. The first-order chi connectivity index (χ1) is 14.8. The average molecular weight is 445 g/mol. The first-order valence-corrected chi connectivity index (χ1v) is 10.8. The number of sulfonamides is 1. The van der Waals surface area contributed by atoms with Crippen molar-refractivity contribution in [3.63, 3.8) is 0 Å². The molecule has 3 rings (SSSR count). The summed E-state index contributed by atoms with van der Waals surface area (Å²) in [5, 5.41) is 6.67. The summed E-state index contributed by atoms with van der Waals surface area (Å²) in [5.74, 6) is -1.60. The number of amides is 2. The van der Waals surface area contributed by atoms with E-state index in [0.29, 0.717) is 5.69 Å². The predicted octanol–water partition coefficient (Wildman–Crippen LogP) is 1.74. The van der Waals surface area contributed by atoms with Gasteiger partial charge in [-0.1, -0.05) is 30.3 Å². The summed E-state index contributed by atoms with van der Waals surface area (Å²) < 4.78 is 39.3. The number of hydrazine groups is 1. The van der Waals surface area contributed by atoms with E-state index in [1.165, 1.54) is 0 Å². The van der Waals surface area contributed by atoms with Gasteiger partial charge < -0.3 is 0 Å². The number of aromatic nitrogens is 2. The van der Waals surface area contributed by atoms with Crippen molar-refractivity contribution in [1.82, 2.24) is 25.8 Å². The normalized spacial score (nSPS) is 11.1. The van der Waals surface area contributed by atoms with Crippen molar-refractivity contribution >= 4 is 21.8 Å². The lowest BCUT2D eigenvalue weighted by Gasteiger charge is -2.08. The summed E-state index contributed by atoms with van der Waals surface area (Å²) in [4.78, 5) is 23.9. The molecule has 4 N–H and O–H groups in total. The van der Waals surface area contributed by atoms with Crippen molar-refractivity contribution in [3.8, 4) is 11.3 Å². The molecule has 2 aromatic carbocycles. The Morgan fingerprint density at radius 1 is 1.00 bits per heavy atom. The summed E-state index contributed by atoms with van der Waals surface area (Å²) in [6, 6.07) is 15.2. The van der Waals surface area contributed by atoms with Crippen LogP contribution in [0.2, 0.25) is 0 Å². The zero-order valence-corrected chi connectivity index (χ0v) is 17.1. The number of aromatic amines is 1. The van der Waals surface area contributed by atoms with Crippen molar-refractivity contribution in [3.05, 3.63) is 72.2 Å². The minimum Gasteiger partial charge on any atom is -0.273 e. The molecule has 0 atom stereocenters. The number of H-pyrrole nitrogens is 1. The highest BCUT2D eigenvalue weighted by Gasteiger charge is 2.14. The Kier molecular flexibility index (Phi) is 7.11. The number of carbonyl (C=O) groups is 2. The van der Waals surface area contributed by atoms with E-state index < -0.39 is 27.7 Å². The molecule has 0 saturated carbocycles. The summed E-state index contributed by atoms with van der Waals surface area (Å²) in [6.07, 6.45) is 0.175. The van der Waals surface area contributed by atoms with Crippen molar-refractivity contribution in [2.75, 3.05) is 6.54 Å². The van der Waals surface area contributed by atoms with Gasteiger partial charge in [-0.25, -0.2) is 17.5 Å². The second-order valence-electron chi connectivity index (χ2n) is 6.49. The number of carbonyl (C=O) groups excluding carboxylic acids is 2. The van der Waals surface area contributed by atoms with Gasteiger partial charge in [0.1, 0.15) is 11.5 Å². The third-order valence-corrected chi connectivity index (χ3v) is 5.68. The predicted molar refractivity (Wildman–Crippen MR) is 110 cm³/mol. The van der Waals surface area contributed by atoms with Gasteiger partial charge in [-0.15, -0.1) is 0 Å². The van der Waals surface area contributed by atoms with Gasteiger partial charge in [-0.05, 0) is 36.8 Å². The third-order valence-electron chi connectivity index (χ3n) is 4.20. The fourth-order valence-corrected chi connectivity index (χ4v) is 3.68. The van der Waals surface area contributed by atoms with Gasteiger partial charge in [-0.3, -0.25) is 25.5 Å². The highest BCUT2D eigenvalue weighted by Crippen LogP contribution is 2.16. The van der Waals surface area contributed by atoms with Crippen LogP contribution in [0.5, 0.6) is 0 Å². The molecule has 0 aliphatic heterocycles. The highest BCUT2D eigenvalue weighted by atomic mass is 32.2. The highest BCUT2D eigenvalue weighted by molar-refractivity contribution is 7.89. The molecule has 2 amide bonds. The Morgan fingerprint density at radius 2 is 1.71 bits per heavy atom. The summed E-state index contributed by atoms with van der Waals surface area (Å²) in [5.41, 5.74) is 6.13. The number of halogens is 1. The Bertz CT molecular complexity index is 1150. The largest absolute Gasteiger partial charge is 0.287 e. The van der Waals surface area contributed by atoms with Crippen LogP contribution in [0, 0.1) is 5.82 Å². The van der Waals surface area contributed by atoms with Gasteiger partial charge in [0.25, 0.3) is 5.91 Å². The van der Waals surface area contributed by atoms with Gasteiger partial charge >= 0.3 is 0 Å². The van der Waals surface area contributed by atoms with Gasteiger partial charge in [0.05, 0.1) is 10.6 Å². The van der Waals surface area contributed by atoms with E-state index in [9.17, 15) is 22.4 Å². The van der Waals surface area contributed by atoms with Crippen LogP contribution in [-0.4, -0.2) is 37.0 Å². The van der Waals surface area contributed by atoms with E-state index in [1.54, 1.807) is 6.07 Å². The van der Waals surface area contributed by atoms with Crippen molar-refractivity contribution in [1.29, 1.82) is 0 Å². The van der Waals surface area contributed by atoms with Gasteiger partial charge in [0.15, 0.2) is 0 Å². The molecule has 0 bridgehead atoms. The third kappa shape index (κ3) is 6.20. The molecule has 1 heterocycles. The standard InChI is InChI=1S/C20H20FN5O4S/c21-15-8-10-16(11-9-15)31(29,30)22-12-4-7-19(27)25-26-20(28)18-13-17(23-24-18)14-5-2-1-3-6-14/h1-3,5-6,8-11,13,22H,4,7,12H2,(H,23,24)(H,25,27)(H,26,28). The molecule has 31 heavy (non-hydrogen) atoms. The van der Waals surface area contributed by atoms with Crippen LogP contribution < -0.4 is 15.6 Å². The molecule has 0 radical (unpaired) electrons. The first kappa shape index (κ1) is 22.1. The summed E-state index contributed by atoms with van der Waals surface area (Å²) in [6.45, 7) is 0.00204. The van der Waals surface area contributed by atoms with Crippen LogP contribution in [0.15, 0.2) is 65.6 Å². The molecular weight excluding hydrogens is 425 g/mol. The molecule has 9 nitrogen and oxygen atoms in total. The topological polar surface area (TPSA) is 133 Å². The van der Waals surface area contributed by atoms with E-state index in [0.717, 1.165) is 29.8 Å². The van der Waals surface area contributed by atoms with Gasteiger partial charge in [0.2, 0.25) is 15.9 Å². The van der Waals surface area contributed by atoms with Crippen LogP contribution >= 0.6 is 0 Å². The molecular formula is C20H20FN5O4S. The maximum atomic E-state index is 12.9. The van der Waals surface area contributed by atoms with E-state index >= 15 is 0 Å². The van der Waals surface area contributed by atoms with E-state index in [1.807, 2.05) is 30.3 Å². The van der Waals surface area contributed by atoms with Gasteiger partial charge in [-0.2, -0.15) is 5.10 Å². The number of nitrogens with one attached hydrogen (secondary N) is 4. The molecule has 0 unspecified atom stereocenters. The van der Waals surface area contributed by atoms with E-state index in [2.05, 4.69) is 25.8 Å². The molecule has 162 valence electrons. The molecule has 0 fully saturated rings. The number of hydrogen-bond donors (Lipinski definition) is 4. The number of rotatable bonds is 8. The van der Waals surface area contributed by atoms with Crippen LogP contribution in [0.25, 0.3) is 11.3 Å². The quantitative estimate of drug-likeness (QED) is 0.310. The van der Waals surface area contributed by atoms with Crippen LogP contribution in [0.4, 0.5) is 4.39 Å². The molecule has 0 aliphatic rings. The molecule has 0 spiro atoms. The number of hydrogen-bond acceptors (Lipinski definition) is 5. The van der Waals surface area contributed by atoms with Crippen molar-refractivity contribution in [2.24, 2.45) is 0 Å². The van der Waals surface area contributed by atoms with Crippen molar-refractivity contribution in [2.45, 2.75) is 17.7 Å². The van der Waals surface area contributed by atoms with E-state index in [4.69, 9.17) is 0 Å². The van der Waals surface area contributed by atoms with Gasteiger partial charge in [0, 0.05) is 18.5 Å². The Hall–Kier alpha value is -3.57. The van der Waals surface area contributed by atoms with Crippen molar-refractivity contribution < 1.29 is 22.4 Å². The maximum absolute atomic E-state index is 12.9. The molecule has 0 aliphatic carbocycles. The molecule has 1 aromatic heterocycles. The second kappa shape index (κ2) is 9.96. The SMILES string of the molecule is O=C(CCCNS(=O)(=O)c1ccc(F)cc1)NNC(=O)c1cc(-c2ccccc2)n[nH]1. The van der Waals surface area contributed by atoms with E-state index in [-0.39, 0.29) is 30.0 Å². The van der Waals surface area contributed by atoms with Crippen LogP contribution in [-0.2, 0) is 14.8 Å². The Balaban J connectivity index is 1.40.